The van der Waals surface area contributed by atoms with Crippen LogP contribution in [0.1, 0.15) is 15.9 Å². The van der Waals surface area contributed by atoms with Crippen molar-refractivity contribution < 1.29 is 13.2 Å². The monoisotopic (exact) mass is 428 g/mol. The Balaban J connectivity index is 1.65. The van der Waals surface area contributed by atoms with Crippen LogP contribution < -0.4 is 15.9 Å². The summed E-state index contributed by atoms with van der Waals surface area (Å²) in [6.45, 7) is 0. The number of hydrazone groups is 1. The normalized spacial score (nSPS) is 11.4. The quantitative estimate of drug-likeness (QED) is 0.410. The number of carbonyl (C=O) groups excluding carboxylic acids is 1. The lowest BCUT2D eigenvalue weighted by Crippen LogP contribution is -2.12. The number of hydrogen-bond donors (Lipinski definition) is 3. The molecule has 0 aliphatic heterocycles. The molecule has 4 N–H and O–H groups in total. The van der Waals surface area contributed by atoms with Crippen molar-refractivity contribution in [3.63, 3.8) is 0 Å². The Morgan fingerprint density at radius 2 is 1.69 bits per heavy atom. The van der Waals surface area contributed by atoms with Crippen LogP contribution in [0.4, 0.5) is 11.4 Å². The van der Waals surface area contributed by atoms with Crippen LogP contribution in [0.15, 0.2) is 82.8 Å². The van der Waals surface area contributed by atoms with E-state index < -0.39 is 10.0 Å². The van der Waals surface area contributed by atoms with E-state index in [0.717, 1.165) is 5.56 Å². The molecule has 3 aromatic carbocycles. The maximum atomic E-state index is 12.4. The second-order valence-electron chi connectivity index (χ2n) is 6.00. The first-order chi connectivity index (χ1) is 13.8. The number of anilines is 2. The molecule has 0 aromatic heterocycles. The van der Waals surface area contributed by atoms with E-state index in [4.69, 9.17) is 16.7 Å². The third-order valence-corrected chi connectivity index (χ3v) is 5.11. The van der Waals surface area contributed by atoms with Gasteiger partial charge in [0.1, 0.15) is 0 Å². The third kappa shape index (κ3) is 5.64. The molecular weight excluding hydrogens is 412 g/mol. The summed E-state index contributed by atoms with van der Waals surface area (Å²) in [5.41, 5.74) is 5.12. The van der Waals surface area contributed by atoms with Crippen LogP contribution in [0.2, 0.25) is 5.02 Å². The zero-order chi connectivity index (χ0) is 20.9. The number of carbonyl (C=O) groups is 1. The highest BCUT2D eigenvalue weighted by atomic mass is 35.5. The molecule has 29 heavy (non-hydrogen) atoms. The van der Waals surface area contributed by atoms with Gasteiger partial charge in [0, 0.05) is 5.69 Å². The number of rotatable bonds is 6. The van der Waals surface area contributed by atoms with Gasteiger partial charge in [-0.2, -0.15) is 5.10 Å². The minimum atomic E-state index is -3.73. The van der Waals surface area contributed by atoms with Crippen LogP contribution in [-0.4, -0.2) is 20.5 Å². The van der Waals surface area contributed by atoms with E-state index in [1.807, 2.05) is 6.07 Å². The topological polar surface area (TPSA) is 114 Å². The first-order valence-electron chi connectivity index (χ1n) is 8.41. The summed E-state index contributed by atoms with van der Waals surface area (Å²) in [5.74, 6) is -0.308. The first-order valence-corrected chi connectivity index (χ1v) is 10.3. The van der Waals surface area contributed by atoms with Crippen molar-refractivity contribution in [3.8, 4) is 0 Å². The van der Waals surface area contributed by atoms with Crippen molar-refractivity contribution in [2.24, 2.45) is 10.2 Å². The molecule has 0 radical (unpaired) electrons. The lowest BCUT2D eigenvalue weighted by atomic mass is 10.2. The number of primary sulfonamides is 1. The van der Waals surface area contributed by atoms with Crippen LogP contribution in [0.3, 0.4) is 0 Å². The number of sulfonamides is 1. The molecule has 0 aliphatic carbocycles. The Kier molecular flexibility index (Phi) is 6.28. The smallest absolute Gasteiger partial charge is 0.257 e. The van der Waals surface area contributed by atoms with Crippen LogP contribution in [0.5, 0.6) is 0 Å². The summed E-state index contributed by atoms with van der Waals surface area (Å²) < 4.78 is 22.5. The SMILES string of the molecule is NS(=O)(=O)c1ccc(N/N=C/c2cccc(NC(=O)c3ccccc3Cl)c2)cc1. The zero-order valence-electron chi connectivity index (χ0n) is 15.0. The van der Waals surface area contributed by atoms with Gasteiger partial charge in [0.05, 0.1) is 27.4 Å². The molecule has 148 valence electrons. The lowest BCUT2D eigenvalue weighted by molar-refractivity contribution is 0.102. The minimum absolute atomic E-state index is 0.0222. The molecule has 1 amide bonds. The second-order valence-corrected chi connectivity index (χ2v) is 7.97. The summed E-state index contributed by atoms with van der Waals surface area (Å²) >= 11 is 6.05. The van der Waals surface area contributed by atoms with Crippen LogP contribution in [-0.2, 0) is 10.0 Å². The van der Waals surface area contributed by atoms with Gasteiger partial charge >= 0.3 is 0 Å². The highest BCUT2D eigenvalue weighted by Gasteiger charge is 2.10. The summed E-state index contributed by atoms with van der Waals surface area (Å²) in [6, 6.07) is 19.8. The highest BCUT2D eigenvalue weighted by Crippen LogP contribution is 2.18. The minimum Gasteiger partial charge on any atom is -0.322 e. The summed E-state index contributed by atoms with van der Waals surface area (Å²) in [7, 11) is -3.73. The second kappa shape index (κ2) is 8.87. The van der Waals surface area contributed by atoms with E-state index in [2.05, 4.69) is 15.8 Å². The fourth-order valence-electron chi connectivity index (χ4n) is 2.44. The Hall–Kier alpha value is -3.20. The number of benzene rings is 3. The number of hydrogen-bond acceptors (Lipinski definition) is 5. The van der Waals surface area contributed by atoms with E-state index >= 15 is 0 Å². The van der Waals surface area contributed by atoms with Gasteiger partial charge in [-0.1, -0.05) is 35.9 Å². The average Bonchev–Trinajstić information content (AvgIpc) is 2.68. The molecule has 0 saturated heterocycles. The molecule has 3 aromatic rings. The Labute approximate surface area is 173 Å². The fourth-order valence-corrected chi connectivity index (χ4v) is 3.18. The number of amides is 1. The summed E-state index contributed by atoms with van der Waals surface area (Å²) in [4.78, 5) is 12.4. The molecular formula is C20H17ClN4O3S. The van der Waals surface area contributed by atoms with Gasteiger partial charge in [-0.3, -0.25) is 10.2 Å². The molecule has 3 rings (SSSR count). The predicted molar refractivity (Wildman–Crippen MR) is 115 cm³/mol. The van der Waals surface area contributed by atoms with Crippen molar-refractivity contribution in [1.29, 1.82) is 0 Å². The van der Waals surface area contributed by atoms with E-state index in [0.29, 0.717) is 22.0 Å². The van der Waals surface area contributed by atoms with E-state index in [-0.39, 0.29) is 10.8 Å². The molecule has 7 nitrogen and oxygen atoms in total. The highest BCUT2D eigenvalue weighted by molar-refractivity contribution is 7.89. The molecule has 0 atom stereocenters. The molecule has 0 aliphatic rings. The maximum absolute atomic E-state index is 12.4. The van der Waals surface area contributed by atoms with E-state index in [9.17, 15) is 13.2 Å². The van der Waals surface area contributed by atoms with Gasteiger partial charge < -0.3 is 5.32 Å². The molecule has 0 unspecified atom stereocenters. The number of nitrogens with two attached hydrogens (primary N) is 1. The number of halogens is 1. The van der Waals surface area contributed by atoms with Crippen molar-refractivity contribution >= 4 is 45.1 Å². The molecule has 0 heterocycles. The summed E-state index contributed by atoms with van der Waals surface area (Å²) in [6.07, 6.45) is 1.57. The van der Waals surface area contributed by atoms with Crippen LogP contribution in [0.25, 0.3) is 0 Å². The maximum Gasteiger partial charge on any atom is 0.257 e. The Bertz CT molecular complexity index is 1160. The van der Waals surface area contributed by atoms with Gasteiger partial charge in [0.25, 0.3) is 5.91 Å². The van der Waals surface area contributed by atoms with E-state index in [1.54, 1.807) is 60.8 Å². The molecule has 0 bridgehead atoms. The third-order valence-electron chi connectivity index (χ3n) is 3.85. The Morgan fingerprint density at radius 3 is 2.38 bits per heavy atom. The van der Waals surface area contributed by atoms with E-state index in [1.165, 1.54) is 12.1 Å². The van der Waals surface area contributed by atoms with Gasteiger partial charge in [-0.15, -0.1) is 0 Å². The molecule has 0 fully saturated rings. The fraction of sp³-hybridized carbons (Fsp3) is 0. The molecule has 9 heteroatoms. The number of nitrogens with zero attached hydrogens (tertiary/aromatic N) is 1. The van der Waals surface area contributed by atoms with Gasteiger partial charge in [-0.25, -0.2) is 13.6 Å². The van der Waals surface area contributed by atoms with Gasteiger partial charge in [-0.05, 0) is 54.1 Å². The van der Waals surface area contributed by atoms with Gasteiger partial charge in [0.2, 0.25) is 10.0 Å². The Morgan fingerprint density at radius 1 is 0.966 bits per heavy atom. The van der Waals surface area contributed by atoms with Crippen LogP contribution >= 0.6 is 11.6 Å². The molecule has 0 saturated carbocycles. The predicted octanol–water partition coefficient (Wildman–Crippen LogP) is 3.69. The van der Waals surface area contributed by atoms with Gasteiger partial charge in [0.15, 0.2) is 0 Å². The lowest BCUT2D eigenvalue weighted by Gasteiger charge is -2.07. The molecule has 0 spiro atoms. The average molecular weight is 429 g/mol. The largest absolute Gasteiger partial charge is 0.322 e. The number of nitrogens with one attached hydrogen (secondary N) is 2. The van der Waals surface area contributed by atoms with Crippen molar-refractivity contribution in [2.45, 2.75) is 4.90 Å². The first kappa shape index (κ1) is 20.5. The van der Waals surface area contributed by atoms with Crippen molar-refractivity contribution in [1.82, 2.24) is 0 Å². The van der Waals surface area contributed by atoms with Crippen molar-refractivity contribution in [3.05, 3.63) is 88.9 Å². The standard InChI is InChI=1S/C20H17ClN4O3S/c21-19-7-2-1-6-18(19)20(26)24-16-5-3-4-14(12-16)13-23-25-15-8-10-17(11-9-15)29(22,27)28/h1-13,25H,(H,24,26)(H2,22,27,28)/b23-13+. The van der Waals surface area contributed by atoms with Crippen molar-refractivity contribution in [2.75, 3.05) is 10.7 Å². The zero-order valence-corrected chi connectivity index (χ0v) is 16.6. The van der Waals surface area contributed by atoms with Crippen LogP contribution in [0, 0.1) is 0 Å². The summed E-state index contributed by atoms with van der Waals surface area (Å²) in [5, 5.41) is 12.3.